The van der Waals surface area contributed by atoms with Crippen molar-refractivity contribution in [3.63, 3.8) is 0 Å². The maximum atomic E-state index is 12.6. The Balaban J connectivity index is 3.13. The van der Waals surface area contributed by atoms with E-state index in [1.807, 2.05) is 14.1 Å². The molecule has 2 N–H and O–H groups in total. The molecule has 1 aromatic rings. The SMILES string of the molecule is CN(C)c1cc(F)ccc1N. The Morgan fingerprint density at radius 1 is 1.36 bits per heavy atom. The van der Waals surface area contributed by atoms with Crippen LogP contribution in [0.3, 0.4) is 0 Å². The molecular weight excluding hydrogens is 143 g/mol. The summed E-state index contributed by atoms with van der Waals surface area (Å²) >= 11 is 0. The van der Waals surface area contributed by atoms with Crippen molar-refractivity contribution < 1.29 is 4.39 Å². The van der Waals surface area contributed by atoms with Crippen LogP contribution in [0.25, 0.3) is 0 Å². The molecule has 1 rings (SSSR count). The van der Waals surface area contributed by atoms with Gasteiger partial charge in [0.25, 0.3) is 0 Å². The lowest BCUT2D eigenvalue weighted by molar-refractivity contribution is 0.628. The molecular formula is C8H11FN2. The van der Waals surface area contributed by atoms with Crippen molar-refractivity contribution in [1.29, 1.82) is 0 Å². The minimum Gasteiger partial charge on any atom is -0.397 e. The van der Waals surface area contributed by atoms with Gasteiger partial charge in [0.1, 0.15) is 5.82 Å². The van der Waals surface area contributed by atoms with Gasteiger partial charge in [-0.3, -0.25) is 0 Å². The second kappa shape index (κ2) is 2.78. The molecule has 0 bridgehead atoms. The molecule has 0 radical (unpaired) electrons. The Labute approximate surface area is 65.4 Å². The van der Waals surface area contributed by atoms with Crippen molar-refractivity contribution in [2.75, 3.05) is 24.7 Å². The first-order chi connectivity index (χ1) is 5.11. The molecule has 0 fully saturated rings. The zero-order chi connectivity index (χ0) is 8.43. The van der Waals surface area contributed by atoms with Gasteiger partial charge in [0.15, 0.2) is 0 Å². The lowest BCUT2D eigenvalue weighted by atomic mass is 10.2. The second-order valence-corrected chi connectivity index (χ2v) is 2.60. The quantitative estimate of drug-likeness (QED) is 0.621. The molecule has 3 heteroatoms. The average Bonchev–Trinajstić information content (AvgIpc) is 1.94. The lowest BCUT2D eigenvalue weighted by Crippen LogP contribution is -2.11. The molecule has 0 amide bonds. The Kier molecular flexibility index (Phi) is 1.98. The van der Waals surface area contributed by atoms with Gasteiger partial charge < -0.3 is 10.6 Å². The third kappa shape index (κ3) is 1.61. The second-order valence-electron chi connectivity index (χ2n) is 2.60. The smallest absolute Gasteiger partial charge is 0.125 e. The monoisotopic (exact) mass is 154 g/mol. The van der Waals surface area contributed by atoms with Gasteiger partial charge in [0.05, 0.1) is 11.4 Å². The Morgan fingerprint density at radius 3 is 2.45 bits per heavy atom. The summed E-state index contributed by atoms with van der Waals surface area (Å²) in [6.07, 6.45) is 0. The summed E-state index contributed by atoms with van der Waals surface area (Å²) in [5.41, 5.74) is 6.89. The molecule has 2 nitrogen and oxygen atoms in total. The van der Waals surface area contributed by atoms with E-state index in [0.717, 1.165) is 0 Å². The Morgan fingerprint density at radius 2 is 2.00 bits per heavy atom. The van der Waals surface area contributed by atoms with Gasteiger partial charge in [-0.2, -0.15) is 0 Å². The van der Waals surface area contributed by atoms with Gasteiger partial charge in [-0.1, -0.05) is 0 Å². The molecule has 0 saturated heterocycles. The van der Waals surface area contributed by atoms with Crippen LogP contribution in [0.2, 0.25) is 0 Å². The van der Waals surface area contributed by atoms with E-state index in [9.17, 15) is 4.39 Å². The van der Waals surface area contributed by atoms with Crippen LogP contribution in [-0.2, 0) is 0 Å². The van der Waals surface area contributed by atoms with Crippen LogP contribution in [-0.4, -0.2) is 14.1 Å². The summed E-state index contributed by atoms with van der Waals surface area (Å²) in [5.74, 6) is -0.261. The highest BCUT2D eigenvalue weighted by atomic mass is 19.1. The third-order valence-corrected chi connectivity index (χ3v) is 1.47. The summed E-state index contributed by atoms with van der Waals surface area (Å²) in [6.45, 7) is 0. The molecule has 0 saturated carbocycles. The number of hydrogen-bond acceptors (Lipinski definition) is 2. The fraction of sp³-hybridized carbons (Fsp3) is 0.250. The molecule has 0 unspecified atom stereocenters. The van der Waals surface area contributed by atoms with E-state index in [4.69, 9.17) is 5.73 Å². The molecule has 11 heavy (non-hydrogen) atoms. The van der Waals surface area contributed by atoms with E-state index in [1.54, 1.807) is 11.0 Å². The predicted octanol–water partition coefficient (Wildman–Crippen LogP) is 1.47. The van der Waals surface area contributed by atoms with E-state index in [-0.39, 0.29) is 5.82 Å². The van der Waals surface area contributed by atoms with Crippen LogP contribution in [0.4, 0.5) is 15.8 Å². The number of hydrogen-bond donors (Lipinski definition) is 1. The van der Waals surface area contributed by atoms with Crippen LogP contribution in [0.1, 0.15) is 0 Å². The standard InChI is InChI=1S/C8H11FN2/c1-11(2)8-5-6(9)3-4-7(8)10/h3-5H,10H2,1-2H3. The maximum Gasteiger partial charge on any atom is 0.125 e. The van der Waals surface area contributed by atoms with Crippen molar-refractivity contribution in [3.8, 4) is 0 Å². The molecule has 0 aliphatic heterocycles. The van der Waals surface area contributed by atoms with Crippen molar-refractivity contribution in [1.82, 2.24) is 0 Å². The number of benzene rings is 1. The highest BCUT2D eigenvalue weighted by molar-refractivity contribution is 5.66. The summed E-state index contributed by atoms with van der Waals surface area (Å²) in [7, 11) is 3.65. The summed E-state index contributed by atoms with van der Waals surface area (Å²) in [4.78, 5) is 1.78. The molecule has 0 heterocycles. The number of rotatable bonds is 1. The number of halogens is 1. The van der Waals surface area contributed by atoms with Gasteiger partial charge in [0.2, 0.25) is 0 Å². The highest BCUT2D eigenvalue weighted by Crippen LogP contribution is 2.21. The number of nitrogen functional groups attached to an aromatic ring is 1. The molecule has 0 aliphatic rings. The summed E-state index contributed by atoms with van der Waals surface area (Å²) in [6, 6.07) is 4.32. The van der Waals surface area contributed by atoms with Gasteiger partial charge in [-0.15, -0.1) is 0 Å². The third-order valence-electron chi connectivity index (χ3n) is 1.47. The number of nitrogens with two attached hydrogens (primary N) is 1. The van der Waals surface area contributed by atoms with E-state index >= 15 is 0 Å². The first-order valence-corrected chi connectivity index (χ1v) is 3.33. The van der Waals surface area contributed by atoms with Gasteiger partial charge in [-0.05, 0) is 18.2 Å². The Bertz CT molecular complexity index is 258. The molecule has 60 valence electrons. The lowest BCUT2D eigenvalue weighted by Gasteiger charge is -2.14. The van der Waals surface area contributed by atoms with Crippen molar-refractivity contribution >= 4 is 11.4 Å². The molecule has 1 aromatic carbocycles. The first kappa shape index (κ1) is 7.85. The minimum atomic E-state index is -0.261. The molecule has 0 aromatic heterocycles. The molecule has 0 aliphatic carbocycles. The van der Waals surface area contributed by atoms with E-state index in [1.165, 1.54) is 12.1 Å². The molecule has 0 atom stereocenters. The normalized spacial score (nSPS) is 9.73. The largest absolute Gasteiger partial charge is 0.397 e. The van der Waals surface area contributed by atoms with Crippen LogP contribution in [0.15, 0.2) is 18.2 Å². The summed E-state index contributed by atoms with van der Waals surface area (Å²) < 4.78 is 12.6. The van der Waals surface area contributed by atoms with E-state index in [2.05, 4.69) is 0 Å². The van der Waals surface area contributed by atoms with Crippen LogP contribution >= 0.6 is 0 Å². The first-order valence-electron chi connectivity index (χ1n) is 3.33. The predicted molar refractivity (Wildman–Crippen MR) is 45.1 cm³/mol. The fourth-order valence-corrected chi connectivity index (χ4v) is 0.904. The van der Waals surface area contributed by atoms with Crippen molar-refractivity contribution in [3.05, 3.63) is 24.0 Å². The topological polar surface area (TPSA) is 29.3 Å². The van der Waals surface area contributed by atoms with E-state index < -0.39 is 0 Å². The zero-order valence-corrected chi connectivity index (χ0v) is 6.63. The van der Waals surface area contributed by atoms with Crippen molar-refractivity contribution in [2.45, 2.75) is 0 Å². The van der Waals surface area contributed by atoms with Crippen LogP contribution in [0.5, 0.6) is 0 Å². The van der Waals surface area contributed by atoms with Gasteiger partial charge in [0, 0.05) is 14.1 Å². The minimum absolute atomic E-state index is 0.261. The van der Waals surface area contributed by atoms with Crippen LogP contribution < -0.4 is 10.6 Å². The van der Waals surface area contributed by atoms with Crippen LogP contribution in [0, 0.1) is 5.82 Å². The summed E-state index contributed by atoms with van der Waals surface area (Å²) in [5, 5.41) is 0. The molecule has 0 spiro atoms. The number of anilines is 2. The zero-order valence-electron chi connectivity index (χ0n) is 6.63. The van der Waals surface area contributed by atoms with E-state index in [0.29, 0.717) is 11.4 Å². The average molecular weight is 154 g/mol. The number of nitrogens with zero attached hydrogens (tertiary/aromatic N) is 1. The fourth-order valence-electron chi connectivity index (χ4n) is 0.904. The van der Waals surface area contributed by atoms with Crippen molar-refractivity contribution in [2.24, 2.45) is 0 Å². The van der Waals surface area contributed by atoms with Gasteiger partial charge >= 0.3 is 0 Å². The maximum absolute atomic E-state index is 12.6. The Hall–Kier alpha value is -1.25. The highest BCUT2D eigenvalue weighted by Gasteiger charge is 2.01. The van der Waals surface area contributed by atoms with Gasteiger partial charge in [-0.25, -0.2) is 4.39 Å².